The van der Waals surface area contributed by atoms with Gasteiger partial charge in [-0.15, -0.1) is 0 Å². The Labute approximate surface area is 112 Å². The highest BCUT2D eigenvalue weighted by Gasteiger charge is 2.08. The molecule has 0 atom stereocenters. The highest BCUT2D eigenvalue weighted by molar-refractivity contribution is 5.66. The van der Waals surface area contributed by atoms with Gasteiger partial charge in [-0.05, 0) is 26.0 Å². The first-order chi connectivity index (χ1) is 9.28. The molecule has 1 aromatic carbocycles. The largest absolute Gasteiger partial charge is 0.490 e. The van der Waals surface area contributed by atoms with E-state index in [1.807, 2.05) is 35.9 Å². The molecule has 3 heteroatoms. The van der Waals surface area contributed by atoms with Crippen LogP contribution in [-0.2, 0) is 0 Å². The van der Waals surface area contributed by atoms with Gasteiger partial charge in [-0.1, -0.05) is 29.8 Å². The van der Waals surface area contributed by atoms with Crippen molar-refractivity contribution < 1.29 is 4.74 Å². The molecule has 0 aliphatic heterocycles. The van der Waals surface area contributed by atoms with Crippen LogP contribution < -0.4 is 4.74 Å². The number of aryl methyl sites for hydroxylation is 1. The topological polar surface area (TPSA) is 26.5 Å². The maximum absolute atomic E-state index is 5.60. The third kappa shape index (κ3) is 2.19. The summed E-state index contributed by atoms with van der Waals surface area (Å²) in [5.41, 5.74) is 4.20. The summed E-state index contributed by atoms with van der Waals surface area (Å²) in [6, 6.07) is 12.3. The van der Waals surface area contributed by atoms with Gasteiger partial charge in [-0.3, -0.25) is 0 Å². The van der Waals surface area contributed by atoms with Crippen molar-refractivity contribution in [2.75, 3.05) is 6.61 Å². The molecular formula is C16H16N2O. The molecule has 0 saturated heterocycles. The maximum Gasteiger partial charge on any atom is 0.180 e. The molecule has 0 amide bonds. The third-order valence-corrected chi connectivity index (χ3v) is 3.09. The number of fused-ring (bicyclic) bond motifs is 1. The molecule has 0 bridgehead atoms. The minimum Gasteiger partial charge on any atom is -0.490 e. The molecular weight excluding hydrogens is 236 g/mol. The van der Waals surface area contributed by atoms with E-state index in [-0.39, 0.29) is 0 Å². The first-order valence-electron chi connectivity index (χ1n) is 6.45. The van der Waals surface area contributed by atoms with E-state index in [0.717, 1.165) is 22.7 Å². The fourth-order valence-electron chi connectivity index (χ4n) is 2.12. The van der Waals surface area contributed by atoms with Gasteiger partial charge in [0.05, 0.1) is 12.3 Å². The van der Waals surface area contributed by atoms with Crippen LogP contribution in [0.1, 0.15) is 12.5 Å². The second-order valence-electron chi connectivity index (χ2n) is 4.53. The van der Waals surface area contributed by atoms with Gasteiger partial charge in [-0.2, -0.15) is 0 Å². The predicted molar refractivity (Wildman–Crippen MR) is 76.5 cm³/mol. The summed E-state index contributed by atoms with van der Waals surface area (Å²) < 4.78 is 7.60. The minimum atomic E-state index is 0.645. The fraction of sp³-hybridized carbons (Fsp3) is 0.188. The predicted octanol–water partition coefficient (Wildman–Crippen LogP) is 3.71. The lowest BCUT2D eigenvalue weighted by molar-refractivity contribution is 0.342. The van der Waals surface area contributed by atoms with Crippen molar-refractivity contribution in [3.8, 4) is 17.0 Å². The molecule has 3 rings (SSSR count). The number of hydrogen-bond acceptors (Lipinski definition) is 2. The number of aromatic nitrogens is 2. The number of imidazole rings is 1. The zero-order chi connectivity index (χ0) is 13.2. The second-order valence-corrected chi connectivity index (χ2v) is 4.53. The molecule has 0 saturated carbocycles. The first kappa shape index (κ1) is 11.8. The molecule has 0 N–H and O–H groups in total. The molecule has 0 spiro atoms. The van der Waals surface area contributed by atoms with Crippen LogP contribution in [0.2, 0.25) is 0 Å². The highest BCUT2D eigenvalue weighted by Crippen LogP contribution is 2.24. The molecule has 0 fully saturated rings. The lowest BCUT2D eigenvalue weighted by Crippen LogP contribution is -1.94. The van der Waals surface area contributed by atoms with E-state index < -0.39 is 0 Å². The fourth-order valence-corrected chi connectivity index (χ4v) is 2.12. The van der Waals surface area contributed by atoms with Gasteiger partial charge < -0.3 is 9.14 Å². The molecule has 19 heavy (non-hydrogen) atoms. The van der Waals surface area contributed by atoms with E-state index in [1.165, 1.54) is 5.56 Å². The van der Waals surface area contributed by atoms with Crippen LogP contribution in [0.4, 0.5) is 0 Å². The minimum absolute atomic E-state index is 0.645. The van der Waals surface area contributed by atoms with Crippen molar-refractivity contribution in [1.82, 2.24) is 9.38 Å². The Morgan fingerprint density at radius 3 is 2.68 bits per heavy atom. The summed E-state index contributed by atoms with van der Waals surface area (Å²) in [6.07, 6.45) is 4.02. The number of nitrogens with zero attached hydrogens (tertiary/aromatic N) is 2. The lowest BCUT2D eigenvalue weighted by Gasteiger charge is -2.03. The van der Waals surface area contributed by atoms with E-state index in [9.17, 15) is 0 Å². The van der Waals surface area contributed by atoms with Gasteiger partial charge in [0.15, 0.2) is 11.4 Å². The van der Waals surface area contributed by atoms with Gasteiger partial charge in [0, 0.05) is 18.0 Å². The molecule has 0 aliphatic rings. The number of rotatable bonds is 3. The molecule has 0 radical (unpaired) electrons. The summed E-state index contributed by atoms with van der Waals surface area (Å²) in [4.78, 5) is 4.67. The summed E-state index contributed by atoms with van der Waals surface area (Å²) in [5.74, 6) is 0.823. The second kappa shape index (κ2) is 4.76. The Balaban J connectivity index is 2.11. The molecule has 0 unspecified atom stereocenters. The van der Waals surface area contributed by atoms with Crippen LogP contribution >= 0.6 is 0 Å². The zero-order valence-corrected chi connectivity index (χ0v) is 11.1. The van der Waals surface area contributed by atoms with Crippen molar-refractivity contribution in [3.05, 3.63) is 54.4 Å². The van der Waals surface area contributed by atoms with Crippen LogP contribution in [-0.4, -0.2) is 16.0 Å². The van der Waals surface area contributed by atoms with E-state index >= 15 is 0 Å². The number of pyridine rings is 1. The van der Waals surface area contributed by atoms with Crippen LogP contribution in [0.3, 0.4) is 0 Å². The van der Waals surface area contributed by atoms with Crippen LogP contribution in [0.5, 0.6) is 5.75 Å². The lowest BCUT2D eigenvalue weighted by atomic mass is 10.1. The molecule has 3 nitrogen and oxygen atoms in total. The monoisotopic (exact) mass is 252 g/mol. The molecule has 2 aromatic heterocycles. The van der Waals surface area contributed by atoms with Crippen LogP contribution in [0.25, 0.3) is 16.9 Å². The van der Waals surface area contributed by atoms with Gasteiger partial charge in [0.1, 0.15) is 0 Å². The Morgan fingerprint density at radius 2 is 1.95 bits per heavy atom. The SMILES string of the molecule is CCOc1cccn2cc(-c3ccc(C)cc3)nc12. The van der Waals surface area contributed by atoms with Crippen LogP contribution in [0, 0.1) is 6.92 Å². The first-order valence-corrected chi connectivity index (χ1v) is 6.45. The van der Waals surface area contributed by atoms with Gasteiger partial charge in [-0.25, -0.2) is 4.98 Å². The van der Waals surface area contributed by atoms with Crippen LogP contribution in [0.15, 0.2) is 48.8 Å². The van der Waals surface area contributed by atoms with Crippen molar-refractivity contribution in [2.24, 2.45) is 0 Å². The van der Waals surface area contributed by atoms with Crippen molar-refractivity contribution in [3.63, 3.8) is 0 Å². The number of benzene rings is 1. The molecule has 96 valence electrons. The summed E-state index contributed by atoms with van der Waals surface area (Å²) >= 11 is 0. The quantitative estimate of drug-likeness (QED) is 0.710. The summed E-state index contributed by atoms with van der Waals surface area (Å²) in [7, 11) is 0. The van der Waals surface area contributed by atoms with Crippen molar-refractivity contribution in [2.45, 2.75) is 13.8 Å². The van der Waals surface area contributed by atoms with Crippen molar-refractivity contribution in [1.29, 1.82) is 0 Å². The average molecular weight is 252 g/mol. The standard InChI is InChI=1S/C16H16N2O/c1-3-19-15-5-4-10-18-11-14(17-16(15)18)13-8-6-12(2)7-9-13/h4-11H,3H2,1-2H3. The Kier molecular flexibility index (Phi) is 2.95. The van der Waals surface area contributed by atoms with Crippen molar-refractivity contribution >= 4 is 5.65 Å². The smallest absolute Gasteiger partial charge is 0.180 e. The normalized spacial score (nSPS) is 10.8. The highest BCUT2D eigenvalue weighted by atomic mass is 16.5. The summed E-state index contributed by atoms with van der Waals surface area (Å²) in [6.45, 7) is 4.71. The Morgan fingerprint density at radius 1 is 1.16 bits per heavy atom. The van der Waals surface area contributed by atoms with E-state index in [1.54, 1.807) is 0 Å². The summed E-state index contributed by atoms with van der Waals surface area (Å²) in [5, 5.41) is 0. The number of hydrogen-bond donors (Lipinski definition) is 0. The van der Waals surface area contributed by atoms with Gasteiger partial charge in [0.25, 0.3) is 0 Å². The number of ether oxygens (including phenoxy) is 1. The Bertz CT molecular complexity index is 698. The third-order valence-electron chi connectivity index (χ3n) is 3.09. The van der Waals surface area contributed by atoms with Gasteiger partial charge >= 0.3 is 0 Å². The average Bonchev–Trinajstić information content (AvgIpc) is 2.85. The molecule has 0 aliphatic carbocycles. The van der Waals surface area contributed by atoms with Gasteiger partial charge in [0.2, 0.25) is 0 Å². The Hall–Kier alpha value is -2.29. The molecule has 2 heterocycles. The van der Waals surface area contributed by atoms with E-state index in [2.05, 4.69) is 36.2 Å². The van der Waals surface area contributed by atoms with E-state index in [4.69, 9.17) is 4.74 Å². The van der Waals surface area contributed by atoms with E-state index in [0.29, 0.717) is 6.61 Å². The maximum atomic E-state index is 5.60. The zero-order valence-electron chi connectivity index (χ0n) is 11.1. The molecule has 3 aromatic rings.